The molecule has 0 radical (unpaired) electrons. The van der Waals surface area contributed by atoms with Crippen LogP contribution in [0.2, 0.25) is 10.0 Å². The normalized spacial score (nSPS) is 12.7. The number of halogens is 2. The van der Waals surface area contributed by atoms with Crippen molar-refractivity contribution in [3.05, 3.63) is 49.8 Å². The number of fused-ring (bicyclic) bond motifs is 1. The van der Waals surface area contributed by atoms with E-state index in [2.05, 4.69) is 10.6 Å². The van der Waals surface area contributed by atoms with E-state index in [-0.39, 0.29) is 16.5 Å². The maximum absolute atomic E-state index is 12.7. The fourth-order valence-corrected chi connectivity index (χ4v) is 5.06. The number of amides is 2. The molecule has 10 heteroatoms. The molecule has 1 aliphatic carbocycles. The molecule has 0 bridgehead atoms. The highest BCUT2D eigenvalue weighted by molar-refractivity contribution is 7.17. The van der Waals surface area contributed by atoms with Crippen molar-refractivity contribution in [1.29, 1.82) is 0 Å². The lowest BCUT2D eigenvalue weighted by Gasteiger charge is -2.13. The van der Waals surface area contributed by atoms with E-state index in [0.717, 1.165) is 36.1 Å². The van der Waals surface area contributed by atoms with E-state index in [1.54, 1.807) is 7.11 Å². The summed E-state index contributed by atoms with van der Waals surface area (Å²) in [6, 6.07) is 4.36. The number of carbonyl (C=O) groups is 3. The predicted octanol–water partition coefficient (Wildman–Crippen LogP) is 4.11. The molecule has 1 aromatic heterocycles. The van der Waals surface area contributed by atoms with Gasteiger partial charge in [0.25, 0.3) is 11.8 Å². The SMILES string of the molecule is COCCNC(=O)c1c(NC(=O)COC(=O)c2ccc(Cl)cc2Cl)sc2c1CCCC2. The third-order valence-electron chi connectivity index (χ3n) is 4.73. The van der Waals surface area contributed by atoms with Gasteiger partial charge >= 0.3 is 5.97 Å². The largest absolute Gasteiger partial charge is 0.452 e. The molecule has 0 fully saturated rings. The maximum Gasteiger partial charge on any atom is 0.340 e. The highest BCUT2D eigenvalue weighted by Crippen LogP contribution is 2.38. The molecule has 0 spiro atoms. The van der Waals surface area contributed by atoms with E-state index in [4.69, 9.17) is 32.7 Å². The minimum atomic E-state index is -0.736. The number of thiophene rings is 1. The van der Waals surface area contributed by atoms with Crippen LogP contribution in [0.4, 0.5) is 5.00 Å². The van der Waals surface area contributed by atoms with E-state index in [9.17, 15) is 14.4 Å². The molecule has 0 saturated carbocycles. The van der Waals surface area contributed by atoms with Crippen LogP contribution in [0.15, 0.2) is 18.2 Å². The van der Waals surface area contributed by atoms with Gasteiger partial charge in [0, 0.05) is 23.6 Å². The van der Waals surface area contributed by atoms with Crippen molar-refractivity contribution in [2.45, 2.75) is 25.7 Å². The van der Waals surface area contributed by atoms with Crippen LogP contribution in [0.3, 0.4) is 0 Å². The molecule has 7 nitrogen and oxygen atoms in total. The summed E-state index contributed by atoms with van der Waals surface area (Å²) in [7, 11) is 1.56. The molecule has 0 aliphatic heterocycles. The Bertz CT molecular complexity index is 992. The molecule has 3 rings (SSSR count). The lowest BCUT2D eigenvalue weighted by Crippen LogP contribution is -2.29. The molecule has 1 heterocycles. The van der Waals surface area contributed by atoms with Gasteiger partial charge in [-0.1, -0.05) is 23.2 Å². The Hall–Kier alpha value is -2.13. The first-order valence-corrected chi connectivity index (χ1v) is 11.3. The van der Waals surface area contributed by atoms with Crippen molar-refractivity contribution in [3.8, 4) is 0 Å². The Balaban J connectivity index is 1.68. The van der Waals surface area contributed by atoms with Gasteiger partial charge in [-0.05, 0) is 49.4 Å². The molecule has 2 N–H and O–H groups in total. The predicted molar refractivity (Wildman–Crippen MR) is 121 cm³/mol. The summed E-state index contributed by atoms with van der Waals surface area (Å²) in [6.45, 7) is 0.251. The van der Waals surface area contributed by atoms with Crippen LogP contribution >= 0.6 is 34.5 Å². The smallest absolute Gasteiger partial charge is 0.340 e. The molecule has 0 saturated heterocycles. The lowest BCUT2D eigenvalue weighted by molar-refractivity contribution is -0.119. The fourth-order valence-electron chi connectivity index (χ4n) is 3.28. The van der Waals surface area contributed by atoms with Gasteiger partial charge in [-0.2, -0.15) is 0 Å². The summed E-state index contributed by atoms with van der Waals surface area (Å²) in [4.78, 5) is 38.5. The van der Waals surface area contributed by atoms with E-state index in [1.165, 1.54) is 29.5 Å². The van der Waals surface area contributed by atoms with Crippen molar-refractivity contribution in [2.75, 3.05) is 32.2 Å². The van der Waals surface area contributed by atoms with E-state index < -0.39 is 18.5 Å². The summed E-state index contributed by atoms with van der Waals surface area (Å²) < 4.78 is 10.0. The second kappa shape index (κ2) is 10.9. The third-order valence-corrected chi connectivity index (χ3v) is 6.48. The number of hydrogen-bond acceptors (Lipinski definition) is 6. The number of anilines is 1. The van der Waals surface area contributed by atoms with Crippen LogP contribution in [0.25, 0.3) is 0 Å². The molecule has 2 amide bonds. The Morgan fingerprint density at radius 1 is 1.16 bits per heavy atom. The minimum absolute atomic E-state index is 0.115. The number of carbonyl (C=O) groups excluding carboxylic acids is 3. The standard InChI is InChI=1S/C21H22Cl2N2O5S/c1-29-9-8-24-19(27)18-14-4-2-3-5-16(14)31-20(18)25-17(26)11-30-21(28)13-7-6-12(22)10-15(13)23/h6-7,10H,2-5,8-9,11H2,1H3,(H,24,27)(H,25,26). The maximum atomic E-state index is 12.7. The number of nitrogens with one attached hydrogen (secondary N) is 2. The van der Waals surface area contributed by atoms with Crippen LogP contribution in [0.1, 0.15) is 44.0 Å². The van der Waals surface area contributed by atoms with Gasteiger partial charge in [0.15, 0.2) is 6.61 Å². The minimum Gasteiger partial charge on any atom is -0.452 e. The van der Waals surface area contributed by atoms with Gasteiger partial charge in [0.05, 0.1) is 22.8 Å². The number of aryl methyl sites for hydroxylation is 1. The van der Waals surface area contributed by atoms with Gasteiger partial charge in [-0.15, -0.1) is 11.3 Å². The first-order valence-electron chi connectivity index (χ1n) is 9.74. The van der Waals surface area contributed by atoms with E-state index >= 15 is 0 Å². The number of esters is 1. The molecule has 1 aromatic carbocycles. The van der Waals surface area contributed by atoms with Gasteiger partial charge in [0.2, 0.25) is 0 Å². The summed E-state index contributed by atoms with van der Waals surface area (Å²) in [6.07, 6.45) is 3.71. The molecule has 1 aliphatic rings. The Morgan fingerprint density at radius 3 is 2.68 bits per heavy atom. The number of ether oxygens (including phenoxy) is 2. The van der Waals surface area contributed by atoms with Crippen LogP contribution in [0, 0.1) is 0 Å². The Kier molecular flexibility index (Phi) is 8.31. The van der Waals surface area contributed by atoms with E-state index in [1.807, 2.05) is 0 Å². The zero-order chi connectivity index (χ0) is 22.4. The number of benzene rings is 1. The highest BCUT2D eigenvalue weighted by atomic mass is 35.5. The quantitative estimate of drug-likeness (QED) is 0.434. The Morgan fingerprint density at radius 2 is 1.94 bits per heavy atom. The van der Waals surface area contributed by atoms with Gasteiger partial charge in [-0.25, -0.2) is 4.79 Å². The van der Waals surface area contributed by atoms with Crippen LogP contribution in [0.5, 0.6) is 0 Å². The van der Waals surface area contributed by atoms with E-state index in [0.29, 0.717) is 28.7 Å². The Labute approximate surface area is 194 Å². The summed E-state index contributed by atoms with van der Waals surface area (Å²) in [5.74, 6) is -1.53. The summed E-state index contributed by atoms with van der Waals surface area (Å²) in [5, 5.41) is 6.53. The second-order valence-corrected chi connectivity index (χ2v) is 8.86. The van der Waals surface area contributed by atoms with Gasteiger partial charge < -0.3 is 20.1 Å². The first-order chi connectivity index (χ1) is 14.9. The first kappa shape index (κ1) is 23.5. The van der Waals surface area contributed by atoms with Crippen LogP contribution < -0.4 is 10.6 Å². The molecule has 31 heavy (non-hydrogen) atoms. The van der Waals surface area contributed by atoms with Crippen molar-refractivity contribution in [1.82, 2.24) is 5.32 Å². The average Bonchev–Trinajstić information content (AvgIpc) is 3.10. The van der Waals surface area contributed by atoms with Crippen LogP contribution in [-0.2, 0) is 27.1 Å². The number of methoxy groups -OCH3 is 1. The monoisotopic (exact) mass is 484 g/mol. The van der Waals surface area contributed by atoms with Gasteiger partial charge in [0.1, 0.15) is 5.00 Å². The third kappa shape index (κ3) is 5.98. The number of rotatable bonds is 8. The molecule has 0 atom stereocenters. The highest BCUT2D eigenvalue weighted by Gasteiger charge is 2.26. The van der Waals surface area contributed by atoms with Crippen molar-refractivity contribution in [2.24, 2.45) is 0 Å². The van der Waals surface area contributed by atoms with Crippen LogP contribution in [-0.4, -0.2) is 44.7 Å². The zero-order valence-corrected chi connectivity index (χ0v) is 19.2. The molecular weight excluding hydrogens is 463 g/mol. The summed E-state index contributed by atoms with van der Waals surface area (Å²) >= 11 is 13.2. The topological polar surface area (TPSA) is 93.7 Å². The molecular formula is C21H22Cl2N2O5S. The second-order valence-electron chi connectivity index (χ2n) is 6.91. The molecule has 2 aromatic rings. The zero-order valence-electron chi connectivity index (χ0n) is 16.9. The fraction of sp³-hybridized carbons (Fsp3) is 0.381. The average molecular weight is 485 g/mol. The van der Waals surface area contributed by atoms with Crippen molar-refractivity contribution < 1.29 is 23.9 Å². The lowest BCUT2D eigenvalue weighted by atomic mass is 9.95. The number of hydrogen-bond donors (Lipinski definition) is 2. The van der Waals surface area contributed by atoms with Crippen molar-refractivity contribution >= 4 is 57.3 Å². The molecule has 166 valence electrons. The summed E-state index contributed by atoms with van der Waals surface area (Å²) in [5.41, 5.74) is 1.58. The molecule has 0 unspecified atom stereocenters. The van der Waals surface area contributed by atoms with Crippen molar-refractivity contribution in [3.63, 3.8) is 0 Å². The van der Waals surface area contributed by atoms with Gasteiger partial charge in [-0.3, -0.25) is 9.59 Å².